The van der Waals surface area contributed by atoms with Crippen LogP contribution >= 0.6 is 11.6 Å². The van der Waals surface area contributed by atoms with Gasteiger partial charge in [0.15, 0.2) is 0 Å². The Hall–Kier alpha value is -0.860. The van der Waals surface area contributed by atoms with E-state index in [0.717, 1.165) is 18.7 Å². The number of rotatable bonds is 5. The van der Waals surface area contributed by atoms with E-state index in [1.165, 1.54) is 5.57 Å². The highest BCUT2D eigenvalue weighted by atomic mass is 35.5. The van der Waals surface area contributed by atoms with E-state index in [0.29, 0.717) is 5.02 Å². The summed E-state index contributed by atoms with van der Waals surface area (Å²) in [6.45, 7) is 7.27. The summed E-state index contributed by atoms with van der Waals surface area (Å²) in [5, 5.41) is 4.15. The molecule has 3 heteroatoms. The molecule has 0 aliphatic heterocycles. The lowest BCUT2D eigenvalue weighted by Gasteiger charge is -2.16. The minimum absolute atomic E-state index is 0.110. The Bertz CT molecular complexity index is 357. The van der Waals surface area contributed by atoms with E-state index in [1.807, 2.05) is 12.1 Å². The first kappa shape index (κ1) is 13.2. The summed E-state index contributed by atoms with van der Waals surface area (Å²) in [6.07, 6.45) is 5.03. The van der Waals surface area contributed by atoms with Crippen LogP contribution in [0.2, 0.25) is 5.02 Å². The van der Waals surface area contributed by atoms with Crippen molar-refractivity contribution >= 4 is 11.6 Å². The van der Waals surface area contributed by atoms with Crippen molar-refractivity contribution in [1.29, 1.82) is 0 Å². The molecule has 1 aromatic rings. The highest BCUT2D eigenvalue weighted by Crippen LogP contribution is 2.22. The van der Waals surface area contributed by atoms with Gasteiger partial charge in [-0.3, -0.25) is 4.98 Å². The molecule has 1 heterocycles. The topological polar surface area (TPSA) is 24.9 Å². The first-order valence-corrected chi connectivity index (χ1v) is 6.01. The quantitative estimate of drug-likeness (QED) is 0.791. The number of halogens is 1. The standard InChI is InChI=1S/C13H19ClN2/c1-4-7-15-12(9-10(2)3)13-11(14)6-5-8-16-13/h5-6,8-9,12,15H,4,7H2,1-3H3. The van der Waals surface area contributed by atoms with Crippen molar-refractivity contribution in [3.8, 4) is 0 Å². The van der Waals surface area contributed by atoms with Crippen molar-refractivity contribution in [3.63, 3.8) is 0 Å². The second-order valence-corrected chi connectivity index (χ2v) is 4.45. The molecule has 0 aliphatic carbocycles. The third kappa shape index (κ3) is 3.95. The summed E-state index contributed by atoms with van der Waals surface area (Å²) >= 11 is 6.15. The molecule has 1 rings (SSSR count). The van der Waals surface area contributed by atoms with Crippen molar-refractivity contribution < 1.29 is 0 Å². The van der Waals surface area contributed by atoms with Gasteiger partial charge in [0.1, 0.15) is 0 Å². The van der Waals surface area contributed by atoms with Crippen LogP contribution in [0.15, 0.2) is 30.0 Å². The van der Waals surface area contributed by atoms with Crippen LogP contribution in [0.3, 0.4) is 0 Å². The van der Waals surface area contributed by atoms with Crippen LogP contribution < -0.4 is 5.32 Å². The van der Waals surface area contributed by atoms with Crippen molar-refractivity contribution in [3.05, 3.63) is 40.7 Å². The first-order chi connectivity index (χ1) is 7.65. The van der Waals surface area contributed by atoms with Gasteiger partial charge in [-0.2, -0.15) is 0 Å². The van der Waals surface area contributed by atoms with Crippen LogP contribution in [-0.4, -0.2) is 11.5 Å². The Morgan fingerprint density at radius 3 is 2.88 bits per heavy atom. The maximum atomic E-state index is 6.15. The molecule has 0 saturated carbocycles. The highest BCUT2D eigenvalue weighted by Gasteiger charge is 2.12. The van der Waals surface area contributed by atoms with Gasteiger partial charge in [0.25, 0.3) is 0 Å². The molecule has 1 atom stereocenters. The van der Waals surface area contributed by atoms with Crippen LogP contribution in [-0.2, 0) is 0 Å². The number of hydrogen-bond acceptors (Lipinski definition) is 2. The lowest BCUT2D eigenvalue weighted by Crippen LogP contribution is -2.21. The molecule has 88 valence electrons. The van der Waals surface area contributed by atoms with Crippen LogP contribution in [0.4, 0.5) is 0 Å². The molecule has 0 spiro atoms. The van der Waals surface area contributed by atoms with E-state index in [-0.39, 0.29) is 6.04 Å². The lowest BCUT2D eigenvalue weighted by molar-refractivity contribution is 0.598. The Balaban J connectivity index is 2.92. The predicted octanol–water partition coefficient (Wildman–Crippen LogP) is 3.74. The summed E-state index contributed by atoms with van der Waals surface area (Å²) in [6, 6.07) is 3.84. The summed E-state index contributed by atoms with van der Waals surface area (Å²) < 4.78 is 0. The normalized spacial score (nSPS) is 12.2. The fraction of sp³-hybridized carbons (Fsp3) is 0.462. The monoisotopic (exact) mass is 238 g/mol. The van der Waals surface area contributed by atoms with Gasteiger partial charge in [-0.05, 0) is 38.9 Å². The van der Waals surface area contributed by atoms with Crippen LogP contribution in [0.5, 0.6) is 0 Å². The number of aromatic nitrogens is 1. The zero-order valence-corrected chi connectivity index (χ0v) is 10.9. The van der Waals surface area contributed by atoms with E-state index < -0.39 is 0 Å². The molecule has 0 bridgehead atoms. The minimum Gasteiger partial charge on any atom is -0.305 e. The molecular weight excluding hydrogens is 220 g/mol. The summed E-state index contributed by atoms with van der Waals surface area (Å²) in [5.74, 6) is 0. The average molecular weight is 239 g/mol. The number of hydrogen-bond donors (Lipinski definition) is 1. The average Bonchev–Trinajstić information content (AvgIpc) is 2.24. The first-order valence-electron chi connectivity index (χ1n) is 5.64. The fourth-order valence-electron chi connectivity index (χ4n) is 1.49. The number of pyridine rings is 1. The van der Waals surface area contributed by atoms with E-state index in [2.05, 4.69) is 37.1 Å². The number of allylic oxidation sites excluding steroid dienone is 1. The Labute approximate surface area is 103 Å². The maximum absolute atomic E-state index is 6.15. The smallest absolute Gasteiger partial charge is 0.0798 e. The maximum Gasteiger partial charge on any atom is 0.0798 e. The molecular formula is C13H19ClN2. The van der Waals surface area contributed by atoms with E-state index in [4.69, 9.17) is 11.6 Å². The second-order valence-electron chi connectivity index (χ2n) is 4.05. The van der Waals surface area contributed by atoms with Crippen molar-refractivity contribution in [1.82, 2.24) is 10.3 Å². The Morgan fingerprint density at radius 1 is 1.56 bits per heavy atom. The van der Waals surface area contributed by atoms with Crippen LogP contribution in [0.25, 0.3) is 0 Å². The zero-order chi connectivity index (χ0) is 12.0. The molecule has 0 aliphatic rings. The van der Waals surface area contributed by atoms with Crippen molar-refractivity contribution in [2.24, 2.45) is 0 Å². The minimum atomic E-state index is 0.110. The number of nitrogens with one attached hydrogen (secondary N) is 1. The SMILES string of the molecule is CCCNC(C=C(C)C)c1ncccc1Cl. The van der Waals surface area contributed by atoms with Gasteiger partial charge in [-0.25, -0.2) is 0 Å². The van der Waals surface area contributed by atoms with Gasteiger partial charge in [-0.15, -0.1) is 0 Å². The van der Waals surface area contributed by atoms with Crippen molar-refractivity contribution in [2.45, 2.75) is 33.2 Å². The number of nitrogens with zero attached hydrogens (tertiary/aromatic N) is 1. The fourth-order valence-corrected chi connectivity index (χ4v) is 1.73. The molecule has 2 nitrogen and oxygen atoms in total. The van der Waals surface area contributed by atoms with Crippen LogP contribution in [0, 0.1) is 0 Å². The van der Waals surface area contributed by atoms with Gasteiger partial charge < -0.3 is 5.32 Å². The molecule has 0 aromatic carbocycles. The highest BCUT2D eigenvalue weighted by molar-refractivity contribution is 6.31. The molecule has 16 heavy (non-hydrogen) atoms. The van der Waals surface area contributed by atoms with Gasteiger partial charge in [0.05, 0.1) is 16.8 Å². The molecule has 0 fully saturated rings. The molecule has 0 amide bonds. The van der Waals surface area contributed by atoms with Gasteiger partial charge in [-0.1, -0.05) is 30.2 Å². The van der Waals surface area contributed by atoms with E-state index >= 15 is 0 Å². The van der Waals surface area contributed by atoms with Gasteiger partial charge in [0.2, 0.25) is 0 Å². The van der Waals surface area contributed by atoms with Crippen molar-refractivity contribution in [2.75, 3.05) is 6.54 Å². The Kier molecular flexibility index (Phi) is 5.50. The van der Waals surface area contributed by atoms with E-state index in [9.17, 15) is 0 Å². The summed E-state index contributed by atoms with van der Waals surface area (Å²) in [7, 11) is 0. The summed E-state index contributed by atoms with van der Waals surface area (Å²) in [5.41, 5.74) is 2.16. The third-order valence-corrected chi connectivity index (χ3v) is 2.52. The van der Waals surface area contributed by atoms with E-state index in [1.54, 1.807) is 6.20 Å². The zero-order valence-electron chi connectivity index (χ0n) is 10.1. The summed E-state index contributed by atoms with van der Waals surface area (Å²) in [4.78, 5) is 4.35. The molecule has 1 aromatic heterocycles. The molecule has 1 N–H and O–H groups in total. The molecule has 1 unspecified atom stereocenters. The van der Waals surface area contributed by atoms with Gasteiger partial charge in [0, 0.05) is 6.20 Å². The van der Waals surface area contributed by atoms with Crippen LogP contribution in [0.1, 0.15) is 38.9 Å². The molecule has 0 saturated heterocycles. The van der Waals surface area contributed by atoms with Gasteiger partial charge >= 0.3 is 0 Å². The lowest BCUT2D eigenvalue weighted by atomic mass is 10.1. The Morgan fingerprint density at radius 2 is 2.31 bits per heavy atom. The largest absolute Gasteiger partial charge is 0.305 e. The molecule has 0 radical (unpaired) electrons. The second kappa shape index (κ2) is 6.66. The third-order valence-electron chi connectivity index (χ3n) is 2.20. The predicted molar refractivity (Wildman–Crippen MR) is 69.7 cm³/mol.